The van der Waals surface area contributed by atoms with Crippen LogP contribution >= 0.6 is 0 Å². The molecule has 3 aliphatic rings. The number of fused-ring (bicyclic) bond motifs is 4. The van der Waals surface area contributed by atoms with Gasteiger partial charge in [-0.05, 0) is 106 Å². The van der Waals surface area contributed by atoms with Gasteiger partial charge in [0.1, 0.15) is 96.9 Å². The third kappa shape index (κ3) is 29.5. The molecule has 22 N–H and O–H groups in total. The Kier molecular flexibility index (Phi) is 39.6. The molecular weight excluding hydrogens is 1800 g/mol. The molecular formula is C92H126N22O24. The van der Waals surface area contributed by atoms with Crippen LogP contribution in [0.2, 0.25) is 0 Å². The molecule has 0 aliphatic carbocycles. The summed E-state index contributed by atoms with van der Waals surface area (Å²) in [5.74, 6) is -19.8. The van der Waals surface area contributed by atoms with Gasteiger partial charge in [-0.25, -0.2) is 4.98 Å². The first-order valence-corrected chi connectivity index (χ1v) is 46.0. The van der Waals surface area contributed by atoms with E-state index in [1.165, 1.54) is 82.5 Å². The second kappa shape index (κ2) is 50.9. The van der Waals surface area contributed by atoms with Crippen LogP contribution in [0.25, 0.3) is 21.8 Å². The summed E-state index contributed by atoms with van der Waals surface area (Å²) in [7, 11) is 3.82. The minimum Gasteiger partial charge on any atom is -0.508 e. The average Bonchev–Trinajstić information content (AvgIpc) is 1.63. The summed E-state index contributed by atoms with van der Waals surface area (Å²) < 4.78 is 1.40. The standard InChI is InChI=1S/C92H126N22O24/c1-8-10-12-25-72-92(138)110(6)70(23-11-9-2)85(131)100-50(3)79(125)102-61(81(127)98-43-75(94)119)22-17-33-95-44-76(120)101-65(35-52-27-29-56(116)30-28-52)88(134)109(5)51(4)80(126)106-67(40-77(121)122)91(137)113-34-18-26-71(113)86(132)105-64(38-55-42-96-49-99-55)83(129)103-62(31-32-74(93)118)90(136)114-46-57(117)39-73(114)87(133)104-63(36-53-41-97-60-21-15-13-19-58(53)60)82(128)108-68(48-115)84(130)107-66(89(135)111(72)7)37-54-45-112(47-78(123)124)69-24-16-14-20-59(54)69/h13-16,19-21,24,27-30,41-42,45,49-51,57,61-68,70-73,95,97,115-117H,8-12,17-18,22-23,25-26,31-40,43-44,46-48H2,1-7H3,(H2,93,118)(H2,94,119)(H,96,99)(H,98,127)(H,100,131)(H,101,120)(H,102,125)(H,103,129)(H,104,133)(H,105,132)(H,106,126)(H,107,130)(H,108,128)(H,121,122)(H,123,124)/t50-,51-,57+,61-,62-,63-,64-,65-,66-,67?,68-,70-,71-,72-,73-/m0/s1. The smallest absolute Gasteiger partial charge is 0.323 e. The number of aliphatic carboxylic acids is 2. The Morgan fingerprint density at radius 2 is 1.14 bits per heavy atom. The van der Waals surface area contributed by atoms with Gasteiger partial charge in [-0.2, -0.15) is 0 Å². The molecule has 46 nitrogen and oxygen atoms in total. The van der Waals surface area contributed by atoms with Gasteiger partial charge in [0.25, 0.3) is 0 Å². The van der Waals surface area contributed by atoms with Gasteiger partial charge >= 0.3 is 11.9 Å². The topological polar surface area (TPSA) is 675 Å². The van der Waals surface area contributed by atoms with E-state index in [4.69, 9.17) is 11.5 Å². The predicted molar refractivity (Wildman–Crippen MR) is 494 cm³/mol. The zero-order chi connectivity index (χ0) is 101. The van der Waals surface area contributed by atoms with E-state index in [-0.39, 0.29) is 69.5 Å². The monoisotopic (exact) mass is 1920 g/mol. The number of carbonyl (C=O) groups excluding carboxylic acids is 17. The largest absolute Gasteiger partial charge is 0.508 e. The van der Waals surface area contributed by atoms with Gasteiger partial charge in [-0.3, -0.25) is 91.1 Å². The quantitative estimate of drug-likeness (QED) is 0.0232. The number of aliphatic hydroxyl groups excluding tert-OH is 2. The number of rotatable bonds is 26. The van der Waals surface area contributed by atoms with Crippen LogP contribution in [0, 0.1) is 0 Å². The molecule has 1 unspecified atom stereocenters. The number of aromatic nitrogens is 4. The van der Waals surface area contributed by atoms with Crippen molar-refractivity contribution in [2.75, 3.05) is 60.5 Å². The molecule has 3 saturated heterocycles. The lowest BCUT2D eigenvalue weighted by Gasteiger charge is -2.36. The van der Waals surface area contributed by atoms with E-state index in [2.05, 4.69) is 73.4 Å². The summed E-state index contributed by atoms with van der Waals surface area (Å²) in [6.07, 6.45) is 1.94. The van der Waals surface area contributed by atoms with Crippen molar-refractivity contribution in [1.29, 1.82) is 0 Å². The highest BCUT2D eigenvalue weighted by molar-refractivity contribution is 6.03. The van der Waals surface area contributed by atoms with Crippen molar-refractivity contribution in [2.45, 2.75) is 247 Å². The summed E-state index contributed by atoms with van der Waals surface area (Å²) in [5.41, 5.74) is 13.4. The molecule has 6 aromatic rings. The molecule has 0 radical (unpaired) electrons. The number of carboxylic acid groups (broad SMARTS) is 2. The van der Waals surface area contributed by atoms with Gasteiger partial charge in [0, 0.05) is 119 Å². The number of hydrogen-bond acceptors (Lipinski definition) is 24. The van der Waals surface area contributed by atoms with Gasteiger partial charge in [-0.15, -0.1) is 0 Å². The van der Waals surface area contributed by atoms with Crippen LogP contribution in [0.5, 0.6) is 5.75 Å². The van der Waals surface area contributed by atoms with Crippen LogP contribution in [0.15, 0.2) is 97.7 Å². The number of phenolic OH excluding ortho intramolecular Hbond substituents is 1. The van der Waals surface area contributed by atoms with Crippen molar-refractivity contribution < 1.29 is 117 Å². The maximum Gasteiger partial charge on any atom is 0.323 e. The Morgan fingerprint density at radius 1 is 0.536 bits per heavy atom. The molecule has 9 rings (SSSR count). The van der Waals surface area contributed by atoms with Gasteiger partial charge in [0.2, 0.25) is 100 Å². The molecule has 748 valence electrons. The minimum absolute atomic E-state index is 0.00548. The lowest BCUT2D eigenvalue weighted by atomic mass is 9.99. The van der Waals surface area contributed by atoms with Gasteiger partial charge in [0.05, 0.1) is 38.5 Å². The number of aromatic hydroxyl groups is 1. The van der Waals surface area contributed by atoms with Crippen LogP contribution < -0.4 is 70.0 Å². The van der Waals surface area contributed by atoms with Crippen molar-refractivity contribution in [3.8, 4) is 5.75 Å². The number of carbonyl (C=O) groups is 19. The molecule has 138 heavy (non-hydrogen) atoms. The van der Waals surface area contributed by atoms with Crippen LogP contribution in [0.1, 0.15) is 146 Å². The first kappa shape index (κ1) is 107. The predicted octanol–water partition coefficient (Wildman–Crippen LogP) is -3.77. The van der Waals surface area contributed by atoms with Crippen LogP contribution in [-0.2, 0) is 123 Å². The van der Waals surface area contributed by atoms with Crippen molar-refractivity contribution in [3.05, 3.63) is 120 Å². The molecule has 17 amide bonds. The van der Waals surface area contributed by atoms with Crippen molar-refractivity contribution >= 4 is 134 Å². The normalized spacial score (nSPS) is 24.6. The van der Waals surface area contributed by atoms with Gasteiger partial charge < -0.3 is 135 Å². The highest BCUT2D eigenvalue weighted by Crippen LogP contribution is 2.29. The molecule has 3 aliphatic heterocycles. The number of aromatic amines is 2. The third-order valence-corrected chi connectivity index (χ3v) is 24.8. The zero-order valence-electron chi connectivity index (χ0n) is 78.1. The highest BCUT2D eigenvalue weighted by atomic mass is 16.4. The number of amides is 17. The Morgan fingerprint density at radius 3 is 1.80 bits per heavy atom. The number of primary amides is 2. The highest BCUT2D eigenvalue weighted by Gasteiger charge is 2.47. The van der Waals surface area contributed by atoms with E-state index in [1.54, 1.807) is 54.7 Å². The zero-order valence-corrected chi connectivity index (χ0v) is 78.1. The molecule has 3 aromatic carbocycles. The molecule has 15 atom stereocenters. The number of nitrogens with two attached hydrogens (primary N) is 2. The third-order valence-electron chi connectivity index (χ3n) is 24.8. The summed E-state index contributed by atoms with van der Waals surface area (Å²) in [6, 6.07) is -3.84. The van der Waals surface area contributed by atoms with E-state index in [1.807, 2.05) is 13.8 Å². The van der Waals surface area contributed by atoms with E-state index in [0.717, 1.165) is 24.5 Å². The number of likely N-dealkylation sites (N-methyl/N-ethyl adjacent to an activating group) is 3. The minimum atomic E-state index is -2.00. The summed E-state index contributed by atoms with van der Waals surface area (Å²) in [4.78, 5) is 288. The Hall–Kier alpha value is -14.4. The Balaban J connectivity index is 1.09. The first-order valence-electron chi connectivity index (χ1n) is 46.0. The van der Waals surface area contributed by atoms with Crippen LogP contribution in [0.4, 0.5) is 0 Å². The molecule has 46 heteroatoms. The van der Waals surface area contributed by atoms with Gasteiger partial charge in [-0.1, -0.05) is 94.5 Å². The van der Waals surface area contributed by atoms with E-state index < -0.39 is 281 Å². The average molecular weight is 1920 g/mol. The first-order chi connectivity index (χ1) is 65.7. The van der Waals surface area contributed by atoms with E-state index in [0.29, 0.717) is 70.6 Å². The van der Waals surface area contributed by atoms with Crippen molar-refractivity contribution in [2.24, 2.45) is 11.5 Å². The number of aliphatic hydroxyl groups is 2. The molecule has 0 bridgehead atoms. The number of benzene rings is 3. The number of imidazole rings is 1. The maximum atomic E-state index is 15.9. The summed E-state index contributed by atoms with van der Waals surface area (Å²) in [6.45, 7) is 2.49. The Bertz CT molecular complexity index is 5380. The second-order valence-corrected chi connectivity index (χ2v) is 35.0. The lowest BCUT2D eigenvalue weighted by Crippen LogP contribution is -2.61. The Labute approximate surface area is 794 Å². The van der Waals surface area contributed by atoms with Crippen molar-refractivity contribution in [1.82, 2.24) is 103 Å². The number of para-hydroxylation sites is 2. The van der Waals surface area contributed by atoms with Gasteiger partial charge in [0.15, 0.2) is 0 Å². The SMILES string of the molecule is CCCCC[C@H]1C(=O)N(C)[C@@H](CCCC)C(=O)N[C@@H](C)C(=O)N[C@H](C(=O)NCC(N)=O)CCCNCC(=O)N[C@@H](Cc2ccc(O)cc2)C(=O)N(C)[C@@H](C)C(=O)NC(CC(=O)O)C(=O)N2CCC[C@H]2C(=O)N[C@@H](Cc2cnc[nH]2)C(=O)N[C@@H](CCC(N)=O)C(=O)N2C[C@H](O)C[C@H]2C(=O)N[C@@H](Cc2c[nH]c3ccccc23)C(=O)N[C@@H](CO)C(=O)N[C@@H](Cc2cn(CC(=O)O)c3ccccc23)C(=O)N1C. The fourth-order valence-electron chi connectivity index (χ4n) is 17.1. The second-order valence-electron chi connectivity index (χ2n) is 35.0. The molecule has 0 saturated carbocycles. The number of hydrogen-bond donors (Lipinski definition) is 20. The number of carboxylic acids is 2. The maximum absolute atomic E-state index is 15.9. The van der Waals surface area contributed by atoms with E-state index in [9.17, 15) is 83.1 Å². The number of H-pyrrole nitrogens is 2. The number of nitrogens with one attached hydrogen (secondary N) is 13. The molecule has 0 spiro atoms. The van der Waals surface area contributed by atoms with Crippen LogP contribution in [-0.4, -0.2) is 333 Å². The summed E-state index contributed by atoms with van der Waals surface area (Å²) in [5, 5.41) is 82.8. The fourth-order valence-corrected chi connectivity index (χ4v) is 17.1. The van der Waals surface area contributed by atoms with Crippen molar-refractivity contribution in [3.63, 3.8) is 0 Å². The molecule has 3 aromatic heterocycles. The fraction of sp³-hybridized carbons (Fsp3) is 0.522. The molecule has 6 heterocycles. The molecule has 3 fully saturated rings. The summed E-state index contributed by atoms with van der Waals surface area (Å²) >= 11 is 0. The van der Waals surface area contributed by atoms with E-state index >= 15 is 33.6 Å². The number of phenols is 1. The lowest BCUT2D eigenvalue weighted by molar-refractivity contribution is -0.149. The van der Waals surface area contributed by atoms with Crippen LogP contribution in [0.3, 0.4) is 0 Å². The number of unbranched alkanes of at least 4 members (excludes halogenated alkanes) is 3. The number of nitrogens with zero attached hydrogens (tertiary/aromatic N) is 7.